The fraction of sp³-hybridized carbons (Fsp3) is 0.700. The second kappa shape index (κ2) is 4.75. The molecule has 0 unspecified atom stereocenters. The van der Waals surface area contributed by atoms with Crippen LogP contribution in [0.25, 0.3) is 0 Å². The number of aromatic nitrogens is 1. The summed E-state index contributed by atoms with van der Waals surface area (Å²) in [5.74, 6) is 0. The molecule has 0 radical (unpaired) electrons. The van der Waals surface area contributed by atoms with Crippen molar-refractivity contribution in [3.8, 4) is 0 Å². The Morgan fingerprint density at radius 1 is 1.64 bits per heavy atom. The molecule has 4 heteroatoms. The zero-order chi connectivity index (χ0) is 9.80. The standard InChI is InChI=1S/C10H17N3S/c1-13(10-12-6-7-14-10)8-9-4-2-3-5-11-9/h6-7,9,11H,2-5,8H2,1H3/t9-/m1/s1. The summed E-state index contributed by atoms with van der Waals surface area (Å²) in [4.78, 5) is 6.54. The van der Waals surface area contributed by atoms with Crippen LogP contribution in [0.4, 0.5) is 5.13 Å². The van der Waals surface area contributed by atoms with Gasteiger partial charge in [0.05, 0.1) is 0 Å². The molecule has 1 aliphatic heterocycles. The van der Waals surface area contributed by atoms with Crippen molar-refractivity contribution in [3.05, 3.63) is 11.6 Å². The molecule has 1 aromatic heterocycles. The Hall–Kier alpha value is -0.610. The number of thiazole rings is 1. The lowest BCUT2D eigenvalue weighted by Gasteiger charge is -2.27. The van der Waals surface area contributed by atoms with Crippen LogP contribution in [0, 0.1) is 0 Å². The summed E-state index contributed by atoms with van der Waals surface area (Å²) >= 11 is 1.71. The Kier molecular flexibility index (Phi) is 3.37. The Labute approximate surface area is 89.1 Å². The first-order valence-electron chi connectivity index (χ1n) is 5.20. The number of hydrogen-bond acceptors (Lipinski definition) is 4. The molecule has 78 valence electrons. The number of likely N-dealkylation sites (N-methyl/N-ethyl adjacent to an activating group) is 1. The van der Waals surface area contributed by atoms with Crippen LogP contribution in [-0.4, -0.2) is 31.2 Å². The summed E-state index contributed by atoms with van der Waals surface area (Å²) in [6.45, 7) is 2.25. The lowest BCUT2D eigenvalue weighted by Crippen LogP contribution is -2.42. The van der Waals surface area contributed by atoms with Gasteiger partial charge in [-0.2, -0.15) is 0 Å². The van der Waals surface area contributed by atoms with Crippen LogP contribution in [0.15, 0.2) is 11.6 Å². The van der Waals surface area contributed by atoms with Crippen molar-refractivity contribution in [3.63, 3.8) is 0 Å². The van der Waals surface area contributed by atoms with Crippen LogP contribution in [-0.2, 0) is 0 Å². The molecule has 0 aliphatic carbocycles. The molecule has 1 aromatic rings. The van der Waals surface area contributed by atoms with E-state index in [4.69, 9.17) is 0 Å². The van der Waals surface area contributed by atoms with Crippen LogP contribution >= 0.6 is 11.3 Å². The van der Waals surface area contributed by atoms with E-state index in [0.29, 0.717) is 6.04 Å². The zero-order valence-electron chi connectivity index (χ0n) is 8.57. The van der Waals surface area contributed by atoms with Gasteiger partial charge in [0.1, 0.15) is 0 Å². The van der Waals surface area contributed by atoms with Crippen molar-refractivity contribution in [2.24, 2.45) is 0 Å². The van der Waals surface area contributed by atoms with Gasteiger partial charge in [-0.15, -0.1) is 11.3 Å². The summed E-state index contributed by atoms with van der Waals surface area (Å²) in [7, 11) is 2.12. The van der Waals surface area contributed by atoms with E-state index in [0.717, 1.165) is 11.7 Å². The average molecular weight is 211 g/mol. The fourth-order valence-electron chi connectivity index (χ4n) is 1.89. The second-order valence-electron chi connectivity index (χ2n) is 3.84. The molecule has 0 spiro atoms. The predicted octanol–water partition coefficient (Wildman–Crippen LogP) is 1.72. The molecule has 2 rings (SSSR count). The first-order valence-corrected chi connectivity index (χ1v) is 6.08. The molecule has 0 aromatic carbocycles. The minimum atomic E-state index is 0.651. The van der Waals surface area contributed by atoms with E-state index in [1.165, 1.54) is 25.8 Å². The highest BCUT2D eigenvalue weighted by Crippen LogP contribution is 2.17. The highest BCUT2D eigenvalue weighted by Gasteiger charge is 2.15. The molecule has 1 fully saturated rings. The van der Waals surface area contributed by atoms with Gasteiger partial charge < -0.3 is 10.2 Å². The van der Waals surface area contributed by atoms with Crippen molar-refractivity contribution in [2.45, 2.75) is 25.3 Å². The van der Waals surface area contributed by atoms with Gasteiger partial charge in [-0.05, 0) is 19.4 Å². The maximum absolute atomic E-state index is 4.30. The number of piperidine rings is 1. The minimum absolute atomic E-state index is 0.651. The third-order valence-electron chi connectivity index (χ3n) is 2.65. The highest BCUT2D eigenvalue weighted by atomic mass is 32.1. The molecule has 2 heterocycles. The molecule has 0 bridgehead atoms. The van der Waals surface area contributed by atoms with Gasteiger partial charge in [0, 0.05) is 31.2 Å². The molecule has 1 aliphatic rings. The largest absolute Gasteiger partial charge is 0.350 e. The van der Waals surface area contributed by atoms with Gasteiger partial charge in [-0.3, -0.25) is 0 Å². The van der Waals surface area contributed by atoms with Crippen LogP contribution in [0.5, 0.6) is 0 Å². The summed E-state index contributed by atoms with van der Waals surface area (Å²) in [5, 5.41) is 6.70. The SMILES string of the molecule is CN(C[C@H]1CCCCN1)c1nccs1. The Bertz CT molecular complexity index is 254. The maximum Gasteiger partial charge on any atom is 0.185 e. The third-order valence-corrected chi connectivity index (χ3v) is 3.54. The van der Waals surface area contributed by atoms with Crippen molar-refractivity contribution in [1.29, 1.82) is 0 Å². The van der Waals surface area contributed by atoms with Crippen LogP contribution in [0.2, 0.25) is 0 Å². The Balaban J connectivity index is 1.84. The van der Waals surface area contributed by atoms with Gasteiger partial charge in [0.25, 0.3) is 0 Å². The highest BCUT2D eigenvalue weighted by molar-refractivity contribution is 7.13. The number of nitrogens with zero attached hydrogens (tertiary/aromatic N) is 2. The third kappa shape index (κ3) is 2.45. The lowest BCUT2D eigenvalue weighted by molar-refractivity contribution is 0.403. The number of rotatable bonds is 3. The topological polar surface area (TPSA) is 28.2 Å². The average Bonchev–Trinajstić information content (AvgIpc) is 2.72. The smallest absolute Gasteiger partial charge is 0.185 e. The van der Waals surface area contributed by atoms with E-state index < -0.39 is 0 Å². The quantitative estimate of drug-likeness (QED) is 0.825. The molecule has 0 amide bonds. The molecule has 3 nitrogen and oxygen atoms in total. The summed E-state index contributed by atoms with van der Waals surface area (Å²) in [5.41, 5.74) is 0. The molecule has 1 saturated heterocycles. The molecular formula is C10H17N3S. The van der Waals surface area contributed by atoms with Crippen LogP contribution in [0.3, 0.4) is 0 Å². The molecule has 1 atom stereocenters. The van der Waals surface area contributed by atoms with Crippen molar-refractivity contribution < 1.29 is 0 Å². The number of hydrogen-bond donors (Lipinski definition) is 1. The van der Waals surface area contributed by atoms with Crippen LogP contribution in [0.1, 0.15) is 19.3 Å². The second-order valence-corrected chi connectivity index (χ2v) is 4.72. The normalized spacial score (nSPS) is 22.2. The van der Waals surface area contributed by atoms with E-state index in [1.54, 1.807) is 11.3 Å². The van der Waals surface area contributed by atoms with Crippen molar-refractivity contribution in [1.82, 2.24) is 10.3 Å². The Morgan fingerprint density at radius 3 is 3.21 bits per heavy atom. The maximum atomic E-state index is 4.30. The van der Waals surface area contributed by atoms with E-state index in [2.05, 4.69) is 22.2 Å². The Morgan fingerprint density at radius 2 is 2.57 bits per heavy atom. The lowest BCUT2D eigenvalue weighted by atomic mass is 10.1. The van der Waals surface area contributed by atoms with Gasteiger partial charge in [-0.1, -0.05) is 6.42 Å². The molecular weight excluding hydrogens is 194 g/mol. The van der Waals surface area contributed by atoms with E-state index in [-0.39, 0.29) is 0 Å². The zero-order valence-corrected chi connectivity index (χ0v) is 9.39. The fourth-order valence-corrected chi connectivity index (χ4v) is 2.51. The summed E-state index contributed by atoms with van der Waals surface area (Å²) in [6.07, 6.45) is 5.86. The molecule has 0 saturated carbocycles. The van der Waals surface area contributed by atoms with E-state index in [9.17, 15) is 0 Å². The molecule has 14 heavy (non-hydrogen) atoms. The minimum Gasteiger partial charge on any atom is -0.350 e. The monoisotopic (exact) mass is 211 g/mol. The van der Waals surface area contributed by atoms with Crippen molar-refractivity contribution >= 4 is 16.5 Å². The predicted molar refractivity (Wildman–Crippen MR) is 61.0 cm³/mol. The molecule has 1 N–H and O–H groups in total. The van der Waals surface area contributed by atoms with Crippen molar-refractivity contribution in [2.75, 3.05) is 25.0 Å². The van der Waals surface area contributed by atoms with Gasteiger partial charge in [0.2, 0.25) is 0 Å². The van der Waals surface area contributed by atoms with Gasteiger partial charge in [-0.25, -0.2) is 4.98 Å². The number of anilines is 1. The number of nitrogens with one attached hydrogen (secondary N) is 1. The van der Waals surface area contributed by atoms with E-state index in [1.807, 2.05) is 11.6 Å². The first-order chi connectivity index (χ1) is 6.86. The first kappa shape index (κ1) is 9.93. The van der Waals surface area contributed by atoms with Gasteiger partial charge in [0.15, 0.2) is 5.13 Å². The summed E-state index contributed by atoms with van der Waals surface area (Å²) in [6, 6.07) is 0.651. The summed E-state index contributed by atoms with van der Waals surface area (Å²) < 4.78 is 0. The van der Waals surface area contributed by atoms with Gasteiger partial charge >= 0.3 is 0 Å². The van der Waals surface area contributed by atoms with E-state index >= 15 is 0 Å². The van der Waals surface area contributed by atoms with Crippen LogP contribution < -0.4 is 10.2 Å².